The lowest BCUT2D eigenvalue weighted by molar-refractivity contribution is -0.0189. The van der Waals surface area contributed by atoms with E-state index in [0.717, 1.165) is 50.6 Å². The number of nitrogens with zero attached hydrogens (tertiary/aromatic N) is 2. The van der Waals surface area contributed by atoms with Crippen LogP contribution in [0.3, 0.4) is 0 Å². The molecule has 2 aliphatic rings. The fraction of sp³-hybridized carbons (Fsp3) is 0.562. The average molecular weight is 289 g/mol. The monoisotopic (exact) mass is 289 g/mol. The number of likely N-dealkylation sites (tertiary alicyclic amines) is 1. The van der Waals surface area contributed by atoms with Crippen molar-refractivity contribution < 1.29 is 9.53 Å². The van der Waals surface area contributed by atoms with Crippen molar-refractivity contribution in [2.75, 3.05) is 44.7 Å². The summed E-state index contributed by atoms with van der Waals surface area (Å²) in [6, 6.07) is 6.59. The molecule has 5 heteroatoms. The summed E-state index contributed by atoms with van der Waals surface area (Å²) < 4.78 is 5.36. The van der Waals surface area contributed by atoms with Gasteiger partial charge in [-0.3, -0.25) is 4.90 Å². The van der Waals surface area contributed by atoms with Crippen LogP contribution >= 0.6 is 0 Å². The number of aryl methyl sites for hydroxylation is 2. The minimum Gasteiger partial charge on any atom is -0.379 e. The number of nitrogens with one attached hydrogen (secondary N) is 1. The third kappa shape index (κ3) is 3.19. The van der Waals surface area contributed by atoms with Gasteiger partial charge >= 0.3 is 6.03 Å². The maximum Gasteiger partial charge on any atom is 0.321 e. The molecule has 1 N–H and O–H groups in total. The van der Waals surface area contributed by atoms with E-state index in [0.29, 0.717) is 6.04 Å². The second kappa shape index (κ2) is 6.03. The number of ether oxygens (including phenoxy) is 1. The molecule has 3 rings (SSSR count). The van der Waals surface area contributed by atoms with E-state index in [2.05, 4.69) is 23.2 Å². The predicted molar refractivity (Wildman–Crippen MR) is 82.7 cm³/mol. The van der Waals surface area contributed by atoms with Crippen molar-refractivity contribution in [1.29, 1.82) is 0 Å². The molecule has 114 valence electrons. The lowest BCUT2D eigenvalue weighted by Crippen LogP contribution is -2.63. The van der Waals surface area contributed by atoms with Gasteiger partial charge in [-0.25, -0.2) is 4.79 Å². The SMILES string of the molecule is Cc1ccc(NC(=O)N2CC(N3CCOCC3)C2)c(C)c1. The molecule has 0 aliphatic carbocycles. The number of urea groups is 1. The number of anilines is 1. The Morgan fingerprint density at radius 1 is 1.24 bits per heavy atom. The van der Waals surface area contributed by atoms with Crippen molar-refractivity contribution in [1.82, 2.24) is 9.80 Å². The molecule has 2 heterocycles. The van der Waals surface area contributed by atoms with E-state index in [9.17, 15) is 4.79 Å². The number of rotatable bonds is 2. The van der Waals surface area contributed by atoms with Gasteiger partial charge < -0.3 is 15.0 Å². The zero-order chi connectivity index (χ0) is 14.8. The highest BCUT2D eigenvalue weighted by Crippen LogP contribution is 2.20. The molecule has 1 aromatic carbocycles. The standard InChI is InChI=1S/C16H23N3O2/c1-12-3-4-15(13(2)9-12)17-16(20)19-10-14(11-19)18-5-7-21-8-6-18/h3-4,9,14H,5-8,10-11H2,1-2H3,(H,17,20). The molecular formula is C16H23N3O2. The first kappa shape index (κ1) is 14.4. The molecular weight excluding hydrogens is 266 g/mol. The van der Waals surface area contributed by atoms with E-state index in [1.165, 1.54) is 5.56 Å². The minimum absolute atomic E-state index is 0.00598. The van der Waals surface area contributed by atoms with E-state index >= 15 is 0 Å². The van der Waals surface area contributed by atoms with Crippen molar-refractivity contribution in [3.63, 3.8) is 0 Å². The van der Waals surface area contributed by atoms with Crippen LogP contribution in [0.15, 0.2) is 18.2 Å². The number of carbonyl (C=O) groups is 1. The summed E-state index contributed by atoms with van der Waals surface area (Å²) in [6.07, 6.45) is 0. The van der Waals surface area contributed by atoms with Crippen LogP contribution in [0.5, 0.6) is 0 Å². The van der Waals surface area contributed by atoms with Gasteiger partial charge in [0, 0.05) is 37.9 Å². The van der Waals surface area contributed by atoms with Crippen LogP contribution in [0.1, 0.15) is 11.1 Å². The molecule has 0 spiro atoms. The van der Waals surface area contributed by atoms with E-state index in [4.69, 9.17) is 4.74 Å². The maximum absolute atomic E-state index is 12.2. The van der Waals surface area contributed by atoms with Gasteiger partial charge in [0.15, 0.2) is 0 Å². The van der Waals surface area contributed by atoms with E-state index in [-0.39, 0.29) is 6.03 Å². The van der Waals surface area contributed by atoms with Crippen LogP contribution in [-0.4, -0.2) is 61.3 Å². The number of morpholine rings is 1. The summed E-state index contributed by atoms with van der Waals surface area (Å²) in [7, 11) is 0. The summed E-state index contributed by atoms with van der Waals surface area (Å²) in [4.78, 5) is 16.5. The number of amides is 2. The summed E-state index contributed by atoms with van der Waals surface area (Å²) in [5.41, 5.74) is 3.22. The quantitative estimate of drug-likeness (QED) is 0.904. The Kier molecular flexibility index (Phi) is 4.12. The normalized spacial score (nSPS) is 20.2. The predicted octanol–water partition coefficient (Wildman–Crippen LogP) is 1.85. The second-order valence-electron chi connectivity index (χ2n) is 5.96. The average Bonchev–Trinajstić information content (AvgIpc) is 2.41. The van der Waals surface area contributed by atoms with Crippen molar-refractivity contribution >= 4 is 11.7 Å². The molecule has 0 unspecified atom stereocenters. The van der Waals surface area contributed by atoms with Crippen molar-refractivity contribution in [3.05, 3.63) is 29.3 Å². The number of hydrogen-bond acceptors (Lipinski definition) is 3. The van der Waals surface area contributed by atoms with Gasteiger partial charge in [-0.1, -0.05) is 17.7 Å². The Bertz CT molecular complexity index is 520. The van der Waals surface area contributed by atoms with E-state index in [1.54, 1.807) is 0 Å². The molecule has 0 atom stereocenters. The number of carbonyl (C=O) groups excluding carboxylic acids is 1. The first-order chi connectivity index (χ1) is 10.1. The molecule has 2 fully saturated rings. The lowest BCUT2D eigenvalue weighted by atomic mass is 10.1. The van der Waals surface area contributed by atoms with Crippen LogP contribution in [0.25, 0.3) is 0 Å². The van der Waals surface area contributed by atoms with E-state index < -0.39 is 0 Å². The summed E-state index contributed by atoms with van der Waals surface area (Å²) in [5.74, 6) is 0. The van der Waals surface area contributed by atoms with Gasteiger partial charge in [0.2, 0.25) is 0 Å². The van der Waals surface area contributed by atoms with Gasteiger partial charge in [0.25, 0.3) is 0 Å². The molecule has 0 aromatic heterocycles. The minimum atomic E-state index is 0.00598. The van der Waals surface area contributed by atoms with Gasteiger partial charge in [-0.2, -0.15) is 0 Å². The molecule has 21 heavy (non-hydrogen) atoms. The molecule has 2 aliphatic heterocycles. The topological polar surface area (TPSA) is 44.8 Å². The third-order valence-corrected chi connectivity index (χ3v) is 4.34. The molecule has 0 saturated carbocycles. The Balaban J connectivity index is 1.51. The fourth-order valence-electron chi connectivity index (χ4n) is 2.94. The Morgan fingerprint density at radius 2 is 1.95 bits per heavy atom. The Morgan fingerprint density at radius 3 is 2.62 bits per heavy atom. The van der Waals surface area contributed by atoms with Crippen molar-refractivity contribution in [3.8, 4) is 0 Å². The lowest BCUT2D eigenvalue weighted by Gasteiger charge is -2.46. The second-order valence-corrected chi connectivity index (χ2v) is 5.96. The molecule has 0 bridgehead atoms. The highest BCUT2D eigenvalue weighted by molar-refractivity contribution is 5.90. The molecule has 2 amide bonds. The smallest absolute Gasteiger partial charge is 0.321 e. The van der Waals surface area contributed by atoms with Crippen molar-refractivity contribution in [2.24, 2.45) is 0 Å². The zero-order valence-corrected chi connectivity index (χ0v) is 12.8. The summed E-state index contributed by atoms with van der Waals surface area (Å²) in [6.45, 7) is 9.30. The van der Waals surface area contributed by atoms with Crippen LogP contribution in [0.4, 0.5) is 10.5 Å². The molecule has 2 saturated heterocycles. The Hall–Kier alpha value is -1.59. The Labute approximate surface area is 125 Å². The highest BCUT2D eigenvalue weighted by Gasteiger charge is 2.35. The first-order valence-corrected chi connectivity index (χ1v) is 7.58. The van der Waals surface area contributed by atoms with Crippen LogP contribution in [0.2, 0.25) is 0 Å². The fourth-order valence-corrected chi connectivity index (χ4v) is 2.94. The van der Waals surface area contributed by atoms with Gasteiger partial charge in [-0.15, -0.1) is 0 Å². The van der Waals surface area contributed by atoms with Crippen molar-refractivity contribution in [2.45, 2.75) is 19.9 Å². The maximum atomic E-state index is 12.2. The highest BCUT2D eigenvalue weighted by atomic mass is 16.5. The number of benzene rings is 1. The largest absolute Gasteiger partial charge is 0.379 e. The third-order valence-electron chi connectivity index (χ3n) is 4.34. The van der Waals surface area contributed by atoms with Crippen LogP contribution in [-0.2, 0) is 4.74 Å². The molecule has 5 nitrogen and oxygen atoms in total. The number of hydrogen-bond donors (Lipinski definition) is 1. The van der Waals surface area contributed by atoms with Gasteiger partial charge in [0.05, 0.1) is 13.2 Å². The van der Waals surface area contributed by atoms with Gasteiger partial charge in [-0.05, 0) is 25.5 Å². The molecule has 1 aromatic rings. The molecule has 0 radical (unpaired) electrons. The van der Waals surface area contributed by atoms with Gasteiger partial charge in [0.1, 0.15) is 0 Å². The van der Waals surface area contributed by atoms with Crippen LogP contribution < -0.4 is 5.32 Å². The first-order valence-electron chi connectivity index (χ1n) is 7.58. The summed E-state index contributed by atoms with van der Waals surface area (Å²) in [5, 5.41) is 3.01. The summed E-state index contributed by atoms with van der Waals surface area (Å²) >= 11 is 0. The van der Waals surface area contributed by atoms with Crippen LogP contribution in [0, 0.1) is 13.8 Å². The van der Waals surface area contributed by atoms with E-state index in [1.807, 2.05) is 24.0 Å². The zero-order valence-electron chi connectivity index (χ0n) is 12.8.